The molecule has 0 radical (unpaired) electrons. The van der Waals surface area contributed by atoms with Gasteiger partial charge in [-0.25, -0.2) is 4.99 Å². The first-order chi connectivity index (χ1) is 9.96. The zero-order chi connectivity index (χ0) is 15.0. The number of anilines is 1. The van der Waals surface area contributed by atoms with Crippen LogP contribution in [0.15, 0.2) is 29.3 Å². The summed E-state index contributed by atoms with van der Waals surface area (Å²) >= 11 is 0. The van der Waals surface area contributed by atoms with Gasteiger partial charge < -0.3 is 16.0 Å². The molecule has 0 aromatic heterocycles. The lowest BCUT2D eigenvalue weighted by Gasteiger charge is -2.37. The second-order valence-electron chi connectivity index (χ2n) is 5.93. The van der Waals surface area contributed by atoms with Gasteiger partial charge in [-0.3, -0.25) is 11.2 Å². The number of guanidine groups is 1. The summed E-state index contributed by atoms with van der Waals surface area (Å²) in [6, 6.07) is 9.12. The number of nitrogens with one attached hydrogen (secondary N) is 3. The summed E-state index contributed by atoms with van der Waals surface area (Å²) in [5.74, 6) is -0.696. The molecule has 1 aromatic rings. The Morgan fingerprint density at radius 2 is 1.81 bits per heavy atom. The van der Waals surface area contributed by atoms with Crippen molar-refractivity contribution < 1.29 is 0 Å². The summed E-state index contributed by atoms with van der Waals surface area (Å²) in [5, 5.41) is 3.53. The number of piperazine rings is 1. The maximum absolute atomic E-state index is 6.18. The lowest BCUT2D eigenvalue weighted by molar-refractivity contribution is 0.375. The fourth-order valence-corrected chi connectivity index (χ4v) is 3.01. The fourth-order valence-electron chi connectivity index (χ4n) is 3.01. The number of aliphatic imine (C=N–C) groups is 1. The van der Waals surface area contributed by atoms with Crippen molar-refractivity contribution in [1.29, 1.82) is 0 Å². The highest BCUT2D eigenvalue weighted by Gasteiger charge is 2.31. The number of nitrogens with two attached hydrogens (primary N) is 2. The van der Waals surface area contributed by atoms with Crippen LogP contribution in [0.1, 0.15) is 19.4 Å². The van der Waals surface area contributed by atoms with Gasteiger partial charge in [0.2, 0.25) is 11.7 Å². The zero-order valence-corrected chi connectivity index (χ0v) is 12.4. The van der Waals surface area contributed by atoms with Crippen molar-refractivity contribution in [3.05, 3.63) is 29.8 Å². The average Bonchev–Trinajstić information content (AvgIpc) is 2.79. The third-order valence-electron chi connectivity index (χ3n) is 3.91. The zero-order valence-electron chi connectivity index (χ0n) is 12.4. The van der Waals surface area contributed by atoms with Crippen LogP contribution >= 0.6 is 0 Å². The van der Waals surface area contributed by atoms with Crippen molar-refractivity contribution in [2.24, 2.45) is 16.5 Å². The Hall–Kier alpha value is -1.83. The van der Waals surface area contributed by atoms with Crippen LogP contribution < -0.4 is 32.5 Å². The predicted molar refractivity (Wildman–Crippen MR) is 84.5 cm³/mol. The molecule has 0 aliphatic carbocycles. The first kappa shape index (κ1) is 14.1. The van der Waals surface area contributed by atoms with Crippen molar-refractivity contribution in [3.8, 4) is 0 Å². The summed E-state index contributed by atoms with van der Waals surface area (Å²) in [6.07, 6.45) is 0. The molecule has 7 nitrogen and oxygen atoms in total. The van der Waals surface area contributed by atoms with Gasteiger partial charge in [-0.2, -0.15) is 5.43 Å². The van der Waals surface area contributed by atoms with Crippen LogP contribution in [0.3, 0.4) is 0 Å². The van der Waals surface area contributed by atoms with Crippen molar-refractivity contribution in [2.45, 2.75) is 31.7 Å². The van der Waals surface area contributed by atoms with E-state index >= 15 is 0 Å². The Balaban J connectivity index is 1.78. The molecule has 0 spiro atoms. The molecular formula is C14H23N7. The average molecular weight is 289 g/mol. The molecule has 7 heteroatoms. The molecule has 114 valence electrons. The number of hydrogen-bond acceptors (Lipinski definition) is 7. The monoisotopic (exact) mass is 289 g/mol. The molecule has 3 unspecified atom stereocenters. The van der Waals surface area contributed by atoms with E-state index in [9.17, 15) is 0 Å². The molecule has 0 saturated carbocycles. The van der Waals surface area contributed by atoms with Crippen LogP contribution in [-0.2, 0) is 5.79 Å². The summed E-state index contributed by atoms with van der Waals surface area (Å²) in [4.78, 5) is 6.57. The molecule has 0 bridgehead atoms. The van der Waals surface area contributed by atoms with E-state index in [2.05, 4.69) is 52.0 Å². The van der Waals surface area contributed by atoms with E-state index in [1.807, 2.05) is 12.1 Å². The maximum Gasteiger partial charge on any atom is 0.209 e. The van der Waals surface area contributed by atoms with E-state index < -0.39 is 5.79 Å². The maximum atomic E-state index is 6.18. The van der Waals surface area contributed by atoms with Crippen molar-refractivity contribution >= 4 is 11.6 Å². The second kappa shape index (κ2) is 5.18. The van der Waals surface area contributed by atoms with Gasteiger partial charge in [-0.15, -0.1) is 0 Å². The third kappa shape index (κ3) is 2.80. The Morgan fingerprint density at radius 1 is 1.19 bits per heavy atom. The molecule has 2 aliphatic heterocycles. The van der Waals surface area contributed by atoms with Crippen LogP contribution in [0.2, 0.25) is 0 Å². The van der Waals surface area contributed by atoms with E-state index in [1.54, 1.807) is 0 Å². The second-order valence-corrected chi connectivity index (χ2v) is 5.93. The highest BCUT2D eigenvalue weighted by atomic mass is 15.6. The summed E-state index contributed by atoms with van der Waals surface area (Å²) in [6.45, 7) is 6.42. The molecule has 3 rings (SSSR count). The van der Waals surface area contributed by atoms with E-state index in [4.69, 9.17) is 11.5 Å². The Kier molecular flexibility index (Phi) is 3.48. The molecule has 1 fully saturated rings. The molecule has 2 heterocycles. The van der Waals surface area contributed by atoms with E-state index in [0.29, 0.717) is 18.0 Å². The minimum atomic E-state index is -0.993. The number of hydrazine groups is 1. The quantitative estimate of drug-likeness (QED) is 0.496. The van der Waals surface area contributed by atoms with Gasteiger partial charge in [0.1, 0.15) is 0 Å². The number of hydrogen-bond donors (Lipinski definition) is 5. The van der Waals surface area contributed by atoms with Crippen LogP contribution in [0, 0.1) is 0 Å². The van der Waals surface area contributed by atoms with Gasteiger partial charge in [-0.1, -0.05) is 12.1 Å². The minimum absolute atomic E-state index is 0.298. The molecule has 3 atom stereocenters. The van der Waals surface area contributed by atoms with E-state index in [-0.39, 0.29) is 0 Å². The van der Waals surface area contributed by atoms with Crippen LogP contribution in [0.5, 0.6) is 0 Å². The molecule has 2 aliphatic rings. The van der Waals surface area contributed by atoms with Gasteiger partial charge in [0.25, 0.3) is 0 Å². The van der Waals surface area contributed by atoms with Crippen LogP contribution in [0.25, 0.3) is 0 Å². The largest absolute Gasteiger partial charge is 0.369 e. The van der Waals surface area contributed by atoms with Crippen LogP contribution in [0.4, 0.5) is 5.69 Å². The third-order valence-corrected chi connectivity index (χ3v) is 3.91. The molecule has 21 heavy (non-hydrogen) atoms. The predicted octanol–water partition coefficient (Wildman–Crippen LogP) is -0.635. The van der Waals surface area contributed by atoms with Gasteiger partial charge >= 0.3 is 0 Å². The lowest BCUT2D eigenvalue weighted by atomic mass is 10.1. The molecule has 0 amide bonds. The van der Waals surface area contributed by atoms with Crippen LogP contribution in [-0.4, -0.2) is 31.1 Å². The number of benzene rings is 1. The minimum Gasteiger partial charge on any atom is -0.369 e. The van der Waals surface area contributed by atoms with Crippen molar-refractivity contribution in [1.82, 2.24) is 16.2 Å². The number of nitrogens with zero attached hydrogens (tertiary/aromatic N) is 2. The van der Waals surface area contributed by atoms with Crippen molar-refractivity contribution in [3.63, 3.8) is 0 Å². The summed E-state index contributed by atoms with van der Waals surface area (Å²) < 4.78 is 0. The Bertz CT molecular complexity index is 531. The van der Waals surface area contributed by atoms with E-state index in [1.165, 1.54) is 5.69 Å². The molecule has 1 aromatic carbocycles. The van der Waals surface area contributed by atoms with Gasteiger partial charge in [0, 0.05) is 36.4 Å². The van der Waals surface area contributed by atoms with E-state index in [0.717, 1.165) is 18.7 Å². The fraction of sp³-hybridized carbons (Fsp3) is 0.500. The number of rotatable bonds is 2. The Morgan fingerprint density at radius 3 is 2.33 bits per heavy atom. The molecular weight excluding hydrogens is 266 g/mol. The topological polar surface area (TPSA) is 104 Å². The van der Waals surface area contributed by atoms with Gasteiger partial charge in [0.05, 0.1) is 0 Å². The highest BCUT2D eigenvalue weighted by molar-refractivity contribution is 5.79. The summed E-state index contributed by atoms with van der Waals surface area (Å²) in [7, 11) is 0. The van der Waals surface area contributed by atoms with Gasteiger partial charge in [-0.05, 0) is 26.0 Å². The lowest BCUT2D eigenvalue weighted by Crippen LogP contribution is -2.54. The normalized spacial score (nSPS) is 32.7. The summed E-state index contributed by atoms with van der Waals surface area (Å²) in [5.41, 5.74) is 19.5. The first-order valence-electron chi connectivity index (χ1n) is 7.25. The van der Waals surface area contributed by atoms with Crippen molar-refractivity contribution in [2.75, 3.05) is 18.0 Å². The van der Waals surface area contributed by atoms with Gasteiger partial charge in [0.15, 0.2) is 0 Å². The first-order valence-corrected chi connectivity index (χ1v) is 7.25. The Labute approximate surface area is 124 Å². The molecule has 1 saturated heterocycles. The standard InChI is InChI=1S/C14H23N7/c1-9-7-21(8-10(2)17-9)12-5-3-11(4-6-12)14(16)18-13(15)19-20-14/h3-6,9-10,17,20H,7-8,16H2,1-2H3,(H3,15,18,19). The smallest absolute Gasteiger partial charge is 0.209 e. The highest BCUT2D eigenvalue weighted by Crippen LogP contribution is 2.23. The molecule has 7 N–H and O–H groups in total. The SMILES string of the molecule is CC1CN(c2ccc(C3(N)N=C(N)NN3)cc2)CC(C)N1.